The molecule has 7 nitrogen and oxygen atoms in total. The van der Waals surface area contributed by atoms with Crippen LogP contribution in [0.15, 0.2) is 23.4 Å². The molecule has 0 atom stereocenters. The van der Waals surface area contributed by atoms with Gasteiger partial charge in [0, 0.05) is 17.8 Å². The van der Waals surface area contributed by atoms with Gasteiger partial charge < -0.3 is 0 Å². The Balaban J connectivity index is 1.56. The van der Waals surface area contributed by atoms with Crippen molar-refractivity contribution in [2.75, 3.05) is 0 Å². The molecule has 0 unspecified atom stereocenters. The lowest BCUT2D eigenvalue weighted by atomic mass is 10.2. The summed E-state index contributed by atoms with van der Waals surface area (Å²) in [6, 6.07) is 2.60. The minimum Gasteiger partial charge on any atom is -0.271 e. The fourth-order valence-corrected chi connectivity index (χ4v) is 2.45. The first-order valence-electron chi connectivity index (χ1n) is 7.99. The molecule has 2 aromatic rings. The monoisotopic (exact) mass is 390 g/mol. The van der Waals surface area contributed by atoms with Crippen molar-refractivity contribution in [1.29, 1.82) is 0 Å². The second-order valence-corrected chi connectivity index (χ2v) is 6.07. The molecule has 0 aromatic carbocycles. The van der Waals surface area contributed by atoms with Crippen molar-refractivity contribution in [2.45, 2.75) is 44.5 Å². The zero-order chi connectivity index (χ0) is 19.6. The van der Waals surface area contributed by atoms with Crippen LogP contribution < -0.4 is 5.43 Å². The average molecular weight is 390 g/mol. The van der Waals surface area contributed by atoms with Crippen molar-refractivity contribution in [3.05, 3.63) is 35.4 Å². The van der Waals surface area contributed by atoms with Crippen LogP contribution in [0, 0.1) is 0 Å². The lowest BCUT2D eigenvalue weighted by Crippen LogP contribution is -2.24. The molecule has 1 fully saturated rings. The summed E-state index contributed by atoms with van der Waals surface area (Å²) in [5, 5.41) is 11.0. The molecular weight excluding hydrogens is 375 g/mol. The van der Waals surface area contributed by atoms with Crippen LogP contribution in [0.25, 0.3) is 0 Å². The topological polar surface area (TPSA) is 77.1 Å². The number of alkyl halides is 5. The van der Waals surface area contributed by atoms with Gasteiger partial charge in [0.2, 0.25) is 0 Å². The molecule has 1 saturated carbocycles. The van der Waals surface area contributed by atoms with E-state index in [1.165, 1.54) is 16.8 Å². The van der Waals surface area contributed by atoms with Crippen molar-refractivity contribution < 1.29 is 26.7 Å². The Hall–Kier alpha value is -2.79. The van der Waals surface area contributed by atoms with Gasteiger partial charge in [-0.1, -0.05) is 0 Å². The summed E-state index contributed by atoms with van der Waals surface area (Å²) < 4.78 is 64.3. The van der Waals surface area contributed by atoms with E-state index in [9.17, 15) is 26.7 Å². The highest BCUT2D eigenvalue weighted by atomic mass is 19.4. The molecule has 0 radical (unpaired) electrons. The molecule has 1 N–H and O–H groups in total. The van der Waals surface area contributed by atoms with E-state index in [0.717, 1.165) is 25.3 Å². The van der Waals surface area contributed by atoms with Gasteiger partial charge in [-0.2, -0.15) is 28.5 Å². The number of amides is 1. The average Bonchev–Trinajstić information content (AvgIpc) is 3.17. The Kier molecular flexibility index (Phi) is 5.24. The SMILES string of the molecule is O=C(Cn1nc(C(F)F)cc1C1CC1)NN=Cc1ccn(CC(F)(F)F)n1. The molecule has 1 aliphatic rings. The van der Waals surface area contributed by atoms with Crippen LogP contribution in [0.3, 0.4) is 0 Å². The van der Waals surface area contributed by atoms with Crippen LogP contribution in [0.4, 0.5) is 22.0 Å². The quantitative estimate of drug-likeness (QED) is 0.449. The summed E-state index contributed by atoms with van der Waals surface area (Å²) in [6.45, 7) is -1.53. The number of hydrogen-bond donors (Lipinski definition) is 1. The number of nitrogens with one attached hydrogen (secondary N) is 1. The fourth-order valence-electron chi connectivity index (χ4n) is 2.45. The summed E-state index contributed by atoms with van der Waals surface area (Å²) in [5.41, 5.74) is 2.49. The molecular formula is C15H15F5N6O. The van der Waals surface area contributed by atoms with E-state index in [0.29, 0.717) is 10.4 Å². The first kappa shape index (κ1) is 19.0. The van der Waals surface area contributed by atoms with E-state index < -0.39 is 25.1 Å². The Morgan fingerprint density at radius 1 is 1.37 bits per heavy atom. The van der Waals surface area contributed by atoms with Crippen molar-refractivity contribution in [3.8, 4) is 0 Å². The Bertz CT molecular complexity index is 836. The lowest BCUT2D eigenvalue weighted by molar-refractivity contribution is -0.142. The normalized spacial score (nSPS) is 15.0. The maximum Gasteiger partial charge on any atom is 0.408 e. The van der Waals surface area contributed by atoms with Crippen LogP contribution in [-0.2, 0) is 17.9 Å². The third-order valence-corrected chi connectivity index (χ3v) is 3.73. The summed E-state index contributed by atoms with van der Waals surface area (Å²) in [5.74, 6) is -0.481. The smallest absolute Gasteiger partial charge is 0.271 e. The lowest BCUT2D eigenvalue weighted by Gasteiger charge is -2.05. The third-order valence-electron chi connectivity index (χ3n) is 3.73. The molecule has 12 heteroatoms. The largest absolute Gasteiger partial charge is 0.408 e. The van der Waals surface area contributed by atoms with Crippen molar-refractivity contribution >= 4 is 12.1 Å². The van der Waals surface area contributed by atoms with Crippen LogP contribution >= 0.6 is 0 Å². The Labute approximate surface area is 149 Å². The number of hydrogen-bond acceptors (Lipinski definition) is 4. The number of carbonyl (C=O) groups is 1. The van der Waals surface area contributed by atoms with E-state index in [4.69, 9.17) is 0 Å². The number of halogens is 5. The molecule has 1 aliphatic carbocycles. The number of aromatic nitrogens is 4. The Morgan fingerprint density at radius 2 is 2.11 bits per heavy atom. The van der Waals surface area contributed by atoms with Crippen LogP contribution in [-0.4, -0.2) is 37.9 Å². The highest BCUT2D eigenvalue weighted by Crippen LogP contribution is 2.41. The molecule has 2 aromatic heterocycles. The molecule has 0 saturated heterocycles. The molecule has 1 amide bonds. The number of rotatable bonds is 7. The minimum absolute atomic E-state index is 0.122. The van der Waals surface area contributed by atoms with Crippen molar-refractivity contribution in [2.24, 2.45) is 5.10 Å². The maximum atomic E-state index is 12.8. The summed E-state index contributed by atoms with van der Waals surface area (Å²) in [4.78, 5) is 11.9. The summed E-state index contributed by atoms with van der Waals surface area (Å²) >= 11 is 0. The van der Waals surface area contributed by atoms with Gasteiger partial charge in [-0.3, -0.25) is 14.2 Å². The van der Waals surface area contributed by atoms with Gasteiger partial charge in [-0.15, -0.1) is 0 Å². The number of carbonyl (C=O) groups excluding carboxylic acids is 1. The van der Waals surface area contributed by atoms with Crippen molar-refractivity contribution in [1.82, 2.24) is 25.0 Å². The van der Waals surface area contributed by atoms with Gasteiger partial charge >= 0.3 is 6.18 Å². The zero-order valence-corrected chi connectivity index (χ0v) is 13.8. The predicted molar refractivity (Wildman–Crippen MR) is 83.2 cm³/mol. The highest BCUT2D eigenvalue weighted by molar-refractivity contribution is 5.80. The Morgan fingerprint density at radius 3 is 2.74 bits per heavy atom. The fraction of sp³-hybridized carbons (Fsp3) is 0.467. The van der Waals surface area contributed by atoms with Gasteiger partial charge in [0.15, 0.2) is 0 Å². The van der Waals surface area contributed by atoms with Gasteiger partial charge in [-0.25, -0.2) is 14.2 Å². The van der Waals surface area contributed by atoms with E-state index in [-0.39, 0.29) is 23.9 Å². The standard InChI is InChI=1S/C15H15F5N6O/c16-14(17)11-5-12(9-1-2-9)26(24-11)7-13(27)22-21-6-10-3-4-25(23-10)8-15(18,19)20/h3-6,9,14H,1-2,7-8H2,(H,22,27). The van der Waals surface area contributed by atoms with Gasteiger partial charge in [0.1, 0.15) is 24.5 Å². The molecule has 27 heavy (non-hydrogen) atoms. The van der Waals surface area contributed by atoms with Crippen LogP contribution in [0.1, 0.15) is 42.3 Å². The molecule has 2 heterocycles. The zero-order valence-electron chi connectivity index (χ0n) is 13.8. The summed E-state index contributed by atoms with van der Waals surface area (Å²) in [7, 11) is 0. The van der Waals surface area contributed by atoms with E-state index >= 15 is 0 Å². The molecule has 3 rings (SSSR count). The van der Waals surface area contributed by atoms with E-state index in [1.54, 1.807) is 0 Å². The molecule has 146 valence electrons. The first-order valence-corrected chi connectivity index (χ1v) is 7.99. The molecule has 0 aliphatic heterocycles. The van der Waals surface area contributed by atoms with Gasteiger partial charge in [0.05, 0.1) is 6.21 Å². The number of hydrazone groups is 1. The second-order valence-electron chi connectivity index (χ2n) is 6.07. The predicted octanol–water partition coefficient (Wildman–Crippen LogP) is 2.61. The first-order chi connectivity index (χ1) is 12.7. The molecule has 0 spiro atoms. The molecule has 0 bridgehead atoms. The van der Waals surface area contributed by atoms with Crippen LogP contribution in [0.5, 0.6) is 0 Å². The highest BCUT2D eigenvalue weighted by Gasteiger charge is 2.30. The minimum atomic E-state index is -4.39. The maximum absolute atomic E-state index is 12.8. The van der Waals surface area contributed by atoms with Crippen LogP contribution in [0.2, 0.25) is 0 Å². The van der Waals surface area contributed by atoms with Crippen molar-refractivity contribution in [3.63, 3.8) is 0 Å². The van der Waals surface area contributed by atoms with Gasteiger partial charge in [0.25, 0.3) is 12.3 Å². The van der Waals surface area contributed by atoms with Gasteiger partial charge in [-0.05, 0) is 25.0 Å². The number of nitrogens with zero attached hydrogens (tertiary/aromatic N) is 5. The summed E-state index contributed by atoms with van der Waals surface area (Å²) in [6.07, 6.45) is -3.19. The van der Waals surface area contributed by atoms with E-state index in [1.807, 2.05) is 0 Å². The third kappa shape index (κ3) is 5.34. The van der Waals surface area contributed by atoms with E-state index in [2.05, 4.69) is 20.7 Å². The second kappa shape index (κ2) is 7.45.